The standard InChI is InChI=1S/C7H8BrNO2/c1-11-7-2-4(8)6(10)3-5(7)9/h2-3,10H,9H2,1H3. The maximum Gasteiger partial charge on any atom is 0.143 e. The number of anilines is 1. The molecule has 0 heterocycles. The van der Waals surface area contributed by atoms with E-state index in [0.717, 1.165) is 0 Å². The normalized spacial score (nSPS) is 9.64. The molecule has 4 heteroatoms. The van der Waals surface area contributed by atoms with Crippen LogP contribution in [0.4, 0.5) is 5.69 Å². The Balaban J connectivity index is 3.21. The zero-order valence-corrected chi connectivity index (χ0v) is 7.55. The minimum absolute atomic E-state index is 0.114. The number of hydrogen-bond donors (Lipinski definition) is 2. The molecule has 0 bridgehead atoms. The van der Waals surface area contributed by atoms with E-state index in [1.54, 1.807) is 6.07 Å². The molecule has 11 heavy (non-hydrogen) atoms. The quantitative estimate of drug-likeness (QED) is 0.706. The Bertz CT molecular complexity index is 275. The van der Waals surface area contributed by atoms with Crippen molar-refractivity contribution >= 4 is 21.6 Å². The van der Waals surface area contributed by atoms with Gasteiger partial charge in [0, 0.05) is 12.1 Å². The number of phenolic OH excluding ortho intramolecular Hbond substituents is 1. The van der Waals surface area contributed by atoms with Gasteiger partial charge >= 0.3 is 0 Å². The number of benzene rings is 1. The van der Waals surface area contributed by atoms with Crippen LogP contribution < -0.4 is 10.5 Å². The summed E-state index contributed by atoms with van der Waals surface area (Å²) in [5.74, 6) is 0.665. The van der Waals surface area contributed by atoms with Crippen LogP contribution in [0.3, 0.4) is 0 Å². The lowest BCUT2D eigenvalue weighted by molar-refractivity contribution is 0.414. The molecule has 1 aromatic rings. The Kier molecular flexibility index (Phi) is 2.24. The first-order chi connectivity index (χ1) is 5.15. The van der Waals surface area contributed by atoms with Crippen LogP contribution in [0.5, 0.6) is 11.5 Å². The number of nitrogens with two attached hydrogens (primary N) is 1. The van der Waals surface area contributed by atoms with Crippen molar-refractivity contribution in [3.63, 3.8) is 0 Å². The summed E-state index contributed by atoms with van der Waals surface area (Å²) in [4.78, 5) is 0. The molecule has 0 aliphatic rings. The molecular formula is C7H8BrNO2. The molecular weight excluding hydrogens is 210 g/mol. The first-order valence-corrected chi connectivity index (χ1v) is 3.76. The van der Waals surface area contributed by atoms with Gasteiger partial charge in [-0.15, -0.1) is 0 Å². The van der Waals surface area contributed by atoms with E-state index in [9.17, 15) is 0 Å². The van der Waals surface area contributed by atoms with Crippen molar-refractivity contribution < 1.29 is 9.84 Å². The molecule has 3 N–H and O–H groups in total. The fourth-order valence-corrected chi connectivity index (χ4v) is 1.06. The van der Waals surface area contributed by atoms with Gasteiger partial charge in [-0.05, 0) is 15.9 Å². The van der Waals surface area contributed by atoms with Crippen molar-refractivity contribution in [2.24, 2.45) is 0 Å². The summed E-state index contributed by atoms with van der Waals surface area (Å²) in [6, 6.07) is 3.05. The monoisotopic (exact) mass is 217 g/mol. The van der Waals surface area contributed by atoms with Crippen LogP contribution >= 0.6 is 15.9 Å². The number of phenols is 1. The van der Waals surface area contributed by atoms with Crippen LogP contribution in [0.15, 0.2) is 16.6 Å². The van der Waals surface area contributed by atoms with Crippen molar-refractivity contribution in [2.45, 2.75) is 0 Å². The summed E-state index contributed by atoms with van der Waals surface area (Å²) in [5, 5.41) is 9.14. The van der Waals surface area contributed by atoms with Gasteiger partial charge in [0.2, 0.25) is 0 Å². The van der Waals surface area contributed by atoms with Crippen LogP contribution in [0, 0.1) is 0 Å². The fourth-order valence-electron chi connectivity index (χ4n) is 0.737. The van der Waals surface area contributed by atoms with Gasteiger partial charge in [0.15, 0.2) is 0 Å². The number of ether oxygens (including phenoxy) is 1. The van der Waals surface area contributed by atoms with E-state index < -0.39 is 0 Å². The molecule has 0 amide bonds. The minimum Gasteiger partial charge on any atom is -0.507 e. The van der Waals surface area contributed by atoms with Crippen molar-refractivity contribution in [3.05, 3.63) is 16.6 Å². The largest absolute Gasteiger partial charge is 0.507 e. The molecule has 0 atom stereocenters. The van der Waals surface area contributed by atoms with Crippen molar-refractivity contribution in [1.82, 2.24) is 0 Å². The van der Waals surface area contributed by atoms with E-state index in [2.05, 4.69) is 15.9 Å². The summed E-state index contributed by atoms with van der Waals surface area (Å²) in [5.41, 5.74) is 5.92. The summed E-state index contributed by atoms with van der Waals surface area (Å²) in [6.45, 7) is 0. The Morgan fingerprint density at radius 3 is 2.73 bits per heavy atom. The summed E-state index contributed by atoms with van der Waals surface area (Å²) < 4.78 is 5.49. The maximum absolute atomic E-state index is 9.14. The second-order valence-corrected chi connectivity index (χ2v) is 2.90. The Morgan fingerprint density at radius 1 is 1.55 bits per heavy atom. The SMILES string of the molecule is COc1cc(Br)c(O)cc1N. The predicted molar refractivity (Wildman–Crippen MR) is 46.8 cm³/mol. The van der Waals surface area contributed by atoms with E-state index in [1.807, 2.05) is 0 Å². The minimum atomic E-state index is 0.114. The highest BCUT2D eigenvalue weighted by Gasteiger charge is 2.03. The van der Waals surface area contributed by atoms with Crippen molar-refractivity contribution in [2.75, 3.05) is 12.8 Å². The van der Waals surface area contributed by atoms with Gasteiger partial charge in [-0.1, -0.05) is 0 Å². The molecule has 0 saturated carbocycles. The first-order valence-electron chi connectivity index (χ1n) is 2.97. The molecule has 60 valence electrons. The van der Waals surface area contributed by atoms with Crippen molar-refractivity contribution in [3.8, 4) is 11.5 Å². The third kappa shape index (κ3) is 1.57. The molecule has 3 nitrogen and oxygen atoms in total. The number of hydrogen-bond acceptors (Lipinski definition) is 3. The van der Waals surface area contributed by atoms with Gasteiger partial charge in [0.25, 0.3) is 0 Å². The van der Waals surface area contributed by atoms with E-state index in [-0.39, 0.29) is 5.75 Å². The van der Waals surface area contributed by atoms with Gasteiger partial charge in [0.1, 0.15) is 11.5 Å². The van der Waals surface area contributed by atoms with Gasteiger partial charge in [-0.25, -0.2) is 0 Å². The topological polar surface area (TPSA) is 55.5 Å². The number of rotatable bonds is 1. The molecule has 1 aromatic carbocycles. The highest BCUT2D eigenvalue weighted by molar-refractivity contribution is 9.10. The molecule has 0 fully saturated rings. The van der Waals surface area contributed by atoms with Crippen LogP contribution in [0.2, 0.25) is 0 Å². The highest BCUT2D eigenvalue weighted by atomic mass is 79.9. The number of halogens is 1. The predicted octanol–water partition coefficient (Wildman–Crippen LogP) is 1.75. The van der Waals surface area contributed by atoms with Gasteiger partial charge in [-0.2, -0.15) is 0 Å². The molecule has 1 rings (SSSR count). The van der Waals surface area contributed by atoms with Crippen LogP contribution in [-0.2, 0) is 0 Å². The van der Waals surface area contributed by atoms with E-state index in [4.69, 9.17) is 15.6 Å². The van der Waals surface area contributed by atoms with E-state index >= 15 is 0 Å². The number of aromatic hydroxyl groups is 1. The summed E-state index contributed by atoms with van der Waals surface area (Å²) in [7, 11) is 1.52. The molecule has 0 spiro atoms. The zero-order valence-electron chi connectivity index (χ0n) is 5.97. The highest BCUT2D eigenvalue weighted by Crippen LogP contribution is 2.33. The third-order valence-corrected chi connectivity index (χ3v) is 1.93. The number of methoxy groups -OCH3 is 1. The Morgan fingerprint density at radius 2 is 2.18 bits per heavy atom. The fraction of sp³-hybridized carbons (Fsp3) is 0.143. The van der Waals surface area contributed by atoms with Crippen LogP contribution in [-0.4, -0.2) is 12.2 Å². The third-order valence-electron chi connectivity index (χ3n) is 1.30. The van der Waals surface area contributed by atoms with Crippen LogP contribution in [0.1, 0.15) is 0 Å². The van der Waals surface area contributed by atoms with Crippen molar-refractivity contribution in [1.29, 1.82) is 0 Å². The lowest BCUT2D eigenvalue weighted by atomic mass is 10.3. The number of nitrogen functional groups attached to an aromatic ring is 1. The zero-order chi connectivity index (χ0) is 8.43. The molecule has 0 aliphatic carbocycles. The van der Waals surface area contributed by atoms with Gasteiger partial charge in [0.05, 0.1) is 17.3 Å². The lowest BCUT2D eigenvalue weighted by Crippen LogP contribution is -1.91. The smallest absolute Gasteiger partial charge is 0.143 e. The second-order valence-electron chi connectivity index (χ2n) is 2.05. The first kappa shape index (κ1) is 8.20. The van der Waals surface area contributed by atoms with Gasteiger partial charge in [-0.3, -0.25) is 0 Å². The summed E-state index contributed by atoms with van der Waals surface area (Å²) >= 11 is 3.14. The van der Waals surface area contributed by atoms with Gasteiger partial charge < -0.3 is 15.6 Å². The maximum atomic E-state index is 9.14. The Hall–Kier alpha value is -0.900. The average Bonchev–Trinajstić information content (AvgIpc) is 1.97. The molecule has 0 unspecified atom stereocenters. The molecule has 0 aromatic heterocycles. The Labute approximate surface area is 72.9 Å². The average molecular weight is 218 g/mol. The lowest BCUT2D eigenvalue weighted by Gasteiger charge is -2.05. The van der Waals surface area contributed by atoms with E-state index in [1.165, 1.54) is 13.2 Å². The molecule has 0 saturated heterocycles. The molecule has 0 aliphatic heterocycles. The molecule has 0 radical (unpaired) electrons. The summed E-state index contributed by atoms with van der Waals surface area (Å²) in [6.07, 6.45) is 0. The van der Waals surface area contributed by atoms with E-state index in [0.29, 0.717) is 15.9 Å². The van der Waals surface area contributed by atoms with Crippen LogP contribution in [0.25, 0.3) is 0 Å². The second kappa shape index (κ2) is 3.00.